The van der Waals surface area contributed by atoms with Crippen LogP contribution in [0.5, 0.6) is 0 Å². The largest absolute Gasteiger partial charge is 0.452 e. The number of anilines is 1. The summed E-state index contributed by atoms with van der Waals surface area (Å²) in [5, 5.41) is 4.26. The van der Waals surface area contributed by atoms with Crippen LogP contribution in [0, 0.1) is 25.2 Å². The Bertz CT molecular complexity index is 1650. The van der Waals surface area contributed by atoms with E-state index < -0.39 is 5.97 Å². The van der Waals surface area contributed by atoms with Crippen LogP contribution in [0.4, 0.5) is 5.69 Å². The molecule has 0 bridgehead atoms. The lowest BCUT2D eigenvalue weighted by Crippen LogP contribution is -2.29. The zero-order valence-corrected chi connectivity index (χ0v) is 24.9. The predicted octanol–water partition coefficient (Wildman–Crippen LogP) is 8.45. The maximum absolute atomic E-state index is 13.8. The molecule has 6 heteroatoms. The molecule has 3 aromatic carbocycles. The number of nitrogens with zero attached hydrogens (tertiary/aromatic N) is 1. The Labute approximate surface area is 246 Å². The number of esters is 1. The number of pyridine rings is 1. The molecule has 1 aliphatic rings. The number of halogens is 1. The Morgan fingerprint density at radius 2 is 1.68 bits per heavy atom. The van der Waals surface area contributed by atoms with E-state index in [1.54, 1.807) is 0 Å². The van der Waals surface area contributed by atoms with Gasteiger partial charge < -0.3 is 10.1 Å². The minimum atomic E-state index is -0.518. The molecule has 0 aliphatic heterocycles. The molecule has 0 fully saturated rings. The first-order valence-corrected chi connectivity index (χ1v) is 14.3. The molecule has 0 saturated heterocycles. The number of allylic oxidation sites excluding steroid dienone is 1. The fraction of sp³-hybridized carbons (Fsp3) is 0.286. The van der Waals surface area contributed by atoms with Crippen molar-refractivity contribution in [1.29, 1.82) is 0 Å². The van der Waals surface area contributed by atoms with Gasteiger partial charge in [-0.25, -0.2) is 9.78 Å². The van der Waals surface area contributed by atoms with Crippen molar-refractivity contribution in [1.82, 2.24) is 4.98 Å². The summed E-state index contributed by atoms with van der Waals surface area (Å²) in [6, 6.07) is 21.2. The third kappa shape index (κ3) is 6.52. The van der Waals surface area contributed by atoms with Crippen LogP contribution in [0.2, 0.25) is 5.02 Å². The van der Waals surface area contributed by atoms with E-state index in [1.807, 2.05) is 80.6 Å². The van der Waals surface area contributed by atoms with Gasteiger partial charge in [0.1, 0.15) is 0 Å². The van der Waals surface area contributed by atoms with Crippen LogP contribution < -0.4 is 5.32 Å². The highest BCUT2D eigenvalue weighted by atomic mass is 35.5. The number of carbonyl (C=O) groups is 2. The van der Waals surface area contributed by atoms with Gasteiger partial charge in [-0.15, -0.1) is 0 Å². The standard InChI is InChI=1S/C35H35ClN2O3/c1-21-14-22(2)16-27(15-21)37-31(39)20-41-34(40)32-28-8-6-7-9-30(28)38-33-24(17-23-10-12-26(36)13-11-23)18-25(19-29(32)33)35(3,4)5/h6-17,25H,18-20H2,1-5H3,(H,37,39)/b24-17+/t25-/m0/s1. The van der Waals surface area contributed by atoms with E-state index >= 15 is 0 Å². The maximum atomic E-state index is 13.8. The van der Waals surface area contributed by atoms with Crippen molar-refractivity contribution >= 4 is 51.7 Å². The summed E-state index contributed by atoms with van der Waals surface area (Å²) < 4.78 is 5.67. The smallest absolute Gasteiger partial charge is 0.339 e. The molecule has 0 spiro atoms. The second-order valence-corrected chi connectivity index (χ2v) is 12.5. The van der Waals surface area contributed by atoms with Crippen molar-refractivity contribution in [2.75, 3.05) is 11.9 Å². The highest BCUT2D eigenvalue weighted by Crippen LogP contribution is 2.45. The second kappa shape index (κ2) is 11.5. The first-order chi connectivity index (χ1) is 19.5. The van der Waals surface area contributed by atoms with Gasteiger partial charge in [0.2, 0.25) is 0 Å². The Morgan fingerprint density at radius 3 is 2.37 bits per heavy atom. The van der Waals surface area contributed by atoms with Crippen LogP contribution in [0.25, 0.3) is 22.6 Å². The predicted molar refractivity (Wildman–Crippen MR) is 167 cm³/mol. The van der Waals surface area contributed by atoms with E-state index in [4.69, 9.17) is 21.3 Å². The average molecular weight is 567 g/mol. The van der Waals surface area contributed by atoms with Gasteiger partial charge in [0.25, 0.3) is 5.91 Å². The number of hydrogen-bond donors (Lipinski definition) is 1. The third-order valence-electron chi connectivity index (χ3n) is 7.69. The number of aromatic nitrogens is 1. The number of hydrogen-bond acceptors (Lipinski definition) is 4. The van der Waals surface area contributed by atoms with Crippen molar-refractivity contribution < 1.29 is 14.3 Å². The lowest BCUT2D eigenvalue weighted by molar-refractivity contribution is -0.119. The monoisotopic (exact) mass is 566 g/mol. The summed E-state index contributed by atoms with van der Waals surface area (Å²) in [6.45, 7) is 10.3. The van der Waals surface area contributed by atoms with Crippen LogP contribution in [0.3, 0.4) is 0 Å². The molecule has 1 N–H and O–H groups in total. The van der Waals surface area contributed by atoms with Crippen molar-refractivity contribution in [3.63, 3.8) is 0 Å². The van der Waals surface area contributed by atoms with E-state index in [0.29, 0.717) is 28.2 Å². The summed E-state index contributed by atoms with van der Waals surface area (Å²) in [5.74, 6) is -0.627. The number of carbonyl (C=O) groups excluding carboxylic acids is 2. The van der Waals surface area contributed by atoms with Crippen molar-refractivity contribution in [3.05, 3.63) is 105 Å². The molecular weight excluding hydrogens is 532 g/mol. The maximum Gasteiger partial charge on any atom is 0.339 e. The van der Waals surface area contributed by atoms with Gasteiger partial charge in [0, 0.05) is 16.1 Å². The topological polar surface area (TPSA) is 68.3 Å². The molecule has 0 saturated carbocycles. The molecule has 210 valence electrons. The first kappa shape index (κ1) is 28.6. The molecular formula is C35H35ClN2O3. The van der Waals surface area contributed by atoms with Gasteiger partial charge in [-0.2, -0.15) is 0 Å². The number of para-hydroxylation sites is 1. The molecule has 5 nitrogen and oxygen atoms in total. The highest BCUT2D eigenvalue weighted by Gasteiger charge is 2.35. The molecule has 1 aliphatic carbocycles. The van der Waals surface area contributed by atoms with Crippen LogP contribution >= 0.6 is 11.6 Å². The van der Waals surface area contributed by atoms with E-state index in [0.717, 1.165) is 45.3 Å². The molecule has 0 radical (unpaired) electrons. The fourth-order valence-corrected chi connectivity index (χ4v) is 5.70. The molecule has 4 aromatic rings. The van der Waals surface area contributed by atoms with E-state index in [1.165, 1.54) is 0 Å². The zero-order chi connectivity index (χ0) is 29.3. The zero-order valence-electron chi connectivity index (χ0n) is 24.2. The van der Waals surface area contributed by atoms with Crippen molar-refractivity contribution in [3.8, 4) is 0 Å². The SMILES string of the molecule is Cc1cc(C)cc(NC(=O)COC(=O)c2c3c(nc4ccccc24)/C(=C/c2ccc(Cl)cc2)C[C@H](C(C)(C)C)C3)c1. The van der Waals surface area contributed by atoms with Gasteiger partial charge >= 0.3 is 5.97 Å². The molecule has 0 unspecified atom stereocenters. The van der Waals surface area contributed by atoms with E-state index in [9.17, 15) is 9.59 Å². The lowest BCUT2D eigenvalue weighted by Gasteiger charge is -2.36. The summed E-state index contributed by atoms with van der Waals surface area (Å²) in [5.41, 5.74) is 7.74. The molecule has 41 heavy (non-hydrogen) atoms. The molecule has 1 amide bonds. The van der Waals surface area contributed by atoms with Crippen LogP contribution in [0.1, 0.15) is 65.5 Å². The van der Waals surface area contributed by atoms with Crippen LogP contribution in [0.15, 0.2) is 66.7 Å². The van der Waals surface area contributed by atoms with Crippen molar-refractivity contribution in [2.24, 2.45) is 11.3 Å². The second-order valence-electron chi connectivity index (χ2n) is 12.0. The fourth-order valence-electron chi connectivity index (χ4n) is 5.58. The first-order valence-electron chi connectivity index (χ1n) is 13.9. The normalized spacial score (nSPS) is 16.0. The molecule has 1 aromatic heterocycles. The summed E-state index contributed by atoms with van der Waals surface area (Å²) in [4.78, 5) is 31.6. The van der Waals surface area contributed by atoms with Gasteiger partial charge in [-0.05, 0) is 102 Å². The Balaban J connectivity index is 1.53. The Kier molecular flexibility index (Phi) is 8.01. The Hall–Kier alpha value is -3.96. The lowest BCUT2D eigenvalue weighted by atomic mass is 9.69. The number of rotatable bonds is 5. The molecule has 1 atom stereocenters. The van der Waals surface area contributed by atoms with Crippen LogP contribution in [-0.4, -0.2) is 23.5 Å². The number of nitrogens with one attached hydrogen (secondary N) is 1. The van der Waals surface area contributed by atoms with Crippen molar-refractivity contribution in [2.45, 2.75) is 47.5 Å². The van der Waals surface area contributed by atoms with Gasteiger partial charge in [-0.3, -0.25) is 4.79 Å². The third-order valence-corrected chi connectivity index (χ3v) is 7.95. The average Bonchev–Trinajstić information content (AvgIpc) is 2.90. The molecule has 5 rings (SSSR count). The van der Waals surface area contributed by atoms with Gasteiger partial charge in [0.05, 0.1) is 16.8 Å². The van der Waals surface area contributed by atoms with Gasteiger partial charge in [-0.1, -0.05) is 68.8 Å². The van der Waals surface area contributed by atoms with E-state index in [2.05, 4.69) is 32.2 Å². The van der Waals surface area contributed by atoms with Crippen LogP contribution in [-0.2, 0) is 16.0 Å². The minimum absolute atomic E-state index is 0.00454. The number of ether oxygens (including phenoxy) is 1. The van der Waals surface area contributed by atoms with Gasteiger partial charge in [0.15, 0.2) is 6.61 Å². The molecule has 1 heterocycles. The number of aryl methyl sites for hydroxylation is 2. The minimum Gasteiger partial charge on any atom is -0.452 e. The number of benzene rings is 3. The quantitative estimate of drug-likeness (QED) is 0.246. The number of amides is 1. The van der Waals surface area contributed by atoms with E-state index in [-0.39, 0.29) is 23.8 Å². The Morgan fingerprint density at radius 1 is 1.00 bits per heavy atom. The summed E-state index contributed by atoms with van der Waals surface area (Å²) >= 11 is 6.14. The highest BCUT2D eigenvalue weighted by molar-refractivity contribution is 6.30. The number of fused-ring (bicyclic) bond motifs is 2. The summed E-state index contributed by atoms with van der Waals surface area (Å²) in [6.07, 6.45) is 3.66. The summed E-state index contributed by atoms with van der Waals surface area (Å²) in [7, 11) is 0.